The molecule has 2 rings (SSSR count). The Morgan fingerprint density at radius 3 is 2.74 bits per heavy atom. The van der Waals surface area contributed by atoms with Crippen LogP contribution in [0.1, 0.15) is 25.8 Å². The van der Waals surface area contributed by atoms with Gasteiger partial charge in [-0.15, -0.1) is 0 Å². The summed E-state index contributed by atoms with van der Waals surface area (Å²) < 4.78 is 0. The maximum Gasteiger partial charge on any atom is 0.223 e. The summed E-state index contributed by atoms with van der Waals surface area (Å²) in [6, 6.07) is 4.10. The first kappa shape index (κ1) is 14.0. The highest BCUT2D eigenvalue weighted by atomic mass is 16.2. The summed E-state index contributed by atoms with van der Waals surface area (Å²) >= 11 is 0. The molecule has 4 nitrogen and oxygen atoms in total. The topological polar surface area (TPSA) is 37.6 Å². The van der Waals surface area contributed by atoms with Gasteiger partial charge in [0.25, 0.3) is 0 Å². The highest BCUT2D eigenvalue weighted by molar-refractivity contribution is 5.76. The number of aromatic nitrogens is 1. The molecule has 1 fully saturated rings. The molecular formula is C15H24N3O+. The van der Waals surface area contributed by atoms with E-state index in [-0.39, 0.29) is 0 Å². The fourth-order valence-electron chi connectivity index (χ4n) is 2.52. The lowest BCUT2D eigenvalue weighted by Crippen LogP contribution is -3.13. The molecule has 4 heteroatoms. The van der Waals surface area contributed by atoms with Crippen molar-refractivity contribution < 1.29 is 9.69 Å². The third-order valence-corrected chi connectivity index (χ3v) is 3.58. The molecule has 0 unspecified atom stereocenters. The lowest BCUT2D eigenvalue weighted by molar-refractivity contribution is -0.917. The van der Waals surface area contributed by atoms with Gasteiger partial charge in [0.2, 0.25) is 5.91 Å². The van der Waals surface area contributed by atoms with Crippen molar-refractivity contribution in [2.24, 2.45) is 5.92 Å². The minimum atomic E-state index is 0.315. The van der Waals surface area contributed by atoms with Gasteiger partial charge in [0.15, 0.2) is 0 Å². The molecule has 1 aromatic rings. The Labute approximate surface area is 115 Å². The monoisotopic (exact) mass is 262 g/mol. The van der Waals surface area contributed by atoms with Gasteiger partial charge in [-0.05, 0) is 12.0 Å². The summed E-state index contributed by atoms with van der Waals surface area (Å²) in [6.45, 7) is 9.07. The lowest BCUT2D eigenvalue weighted by atomic mass is 10.1. The van der Waals surface area contributed by atoms with Crippen LogP contribution in [-0.2, 0) is 11.3 Å². The second kappa shape index (κ2) is 6.66. The molecule has 1 amide bonds. The van der Waals surface area contributed by atoms with E-state index in [0.29, 0.717) is 18.2 Å². The van der Waals surface area contributed by atoms with Gasteiger partial charge in [0, 0.05) is 24.4 Å². The smallest absolute Gasteiger partial charge is 0.223 e. The van der Waals surface area contributed by atoms with E-state index in [1.165, 1.54) is 5.56 Å². The molecule has 0 aliphatic carbocycles. The fraction of sp³-hybridized carbons (Fsp3) is 0.600. The highest BCUT2D eigenvalue weighted by Gasteiger charge is 2.23. The Morgan fingerprint density at radius 2 is 2.16 bits per heavy atom. The molecule has 104 valence electrons. The van der Waals surface area contributed by atoms with Gasteiger partial charge in [-0.25, -0.2) is 0 Å². The SMILES string of the molecule is CC(C)CC(=O)N1CC[NH+](Cc2cccnc2)CC1. The molecule has 0 saturated carbocycles. The molecule has 0 atom stereocenters. The van der Waals surface area contributed by atoms with Crippen LogP contribution in [0.5, 0.6) is 0 Å². The van der Waals surface area contributed by atoms with Crippen molar-refractivity contribution in [3.63, 3.8) is 0 Å². The third kappa shape index (κ3) is 4.31. The summed E-state index contributed by atoms with van der Waals surface area (Å²) in [6.07, 6.45) is 4.42. The van der Waals surface area contributed by atoms with Crippen molar-refractivity contribution in [3.05, 3.63) is 30.1 Å². The Bertz CT molecular complexity index is 397. The van der Waals surface area contributed by atoms with Crippen molar-refractivity contribution in [1.29, 1.82) is 0 Å². The first-order chi connectivity index (χ1) is 9.15. The van der Waals surface area contributed by atoms with Gasteiger partial charge in [-0.2, -0.15) is 0 Å². The van der Waals surface area contributed by atoms with E-state index in [0.717, 1.165) is 32.7 Å². The Morgan fingerprint density at radius 1 is 1.42 bits per heavy atom. The van der Waals surface area contributed by atoms with Crippen LogP contribution < -0.4 is 4.90 Å². The zero-order valence-electron chi connectivity index (χ0n) is 11.9. The van der Waals surface area contributed by atoms with Crippen LogP contribution in [0.15, 0.2) is 24.5 Å². The van der Waals surface area contributed by atoms with Crippen molar-refractivity contribution in [3.8, 4) is 0 Å². The van der Waals surface area contributed by atoms with E-state index in [9.17, 15) is 4.79 Å². The van der Waals surface area contributed by atoms with E-state index in [4.69, 9.17) is 0 Å². The molecule has 1 aliphatic heterocycles. The summed E-state index contributed by atoms with van der Waals surface area (Å²) in [5, 5.41) is 0. The Balaban J connectivity index is 1.78. The molecule has 19 heavy (non-hydrogen) atoms. The molecule has 2 heterocycles. The van der Waals surface area contributed by atoms with Crippen LogP contribution in [0.2, 0.25) is 0 Å². The first-order valence-electron chi connectivity index (χ1n) is 7.15. The van der Waals surface area contributed by atoms with Crippen LogP contribution >= 0.6 is 0 Å². The van der Waals surface area contributed by atoms with Gasteiger partial charge in [-0.3, -0.25) is 9.78 Å². The largest absolute Gasteiger partial charge is 0.331 e. The molecule has 1 saturated heterocycles. The minimum Gasteiger partial charge on any atom is -0.331 e. The maximum atomic E-state index is 12.0. The fourth-order valence-corrected chi connectivity index (χ4v) is 2.52. The van der Waals surface area contributed by atoms with Crippen LogP contribution in [-0.4, -0.2) is 42.0 Å². The predicted molar refractivity (Wildman–Crippen MR) is 74.7 cm³/mol. The number of carbonyl (C=O) groups is 1. The number of amides is 1. The van der Waals surface area contributed by atoms with E-state index in [1.54, 1.807) is 11.1 Å². The molecule has 0 spiro atoms. The summed E-state index contributed by atoms with van der Waals surface area (Å²) in [5.74, 6) is 0.767. The number of pyridine rings is 1. The van der Waals surface area contributed by atoms with E-state index in [1.807, 2.05) is 17.2 Å². The maximum absolute atomic E-state index is 12.0. The molecule has 0 radical (unpaired) electrons. The number of hydrogen-bond donors (Lipinski definition) is 1. The summed E-state index contributed by atoms with van der Waals surface area (Å²) in [4.78, 5) is 19.7. The molecule has 0 aromatic carbocycles. The predicted octanol–water partition coefficient (Wildman–Crippen LogP) is 0.355. The molecule has 0 bridgehead atoms. The summed E-state index contributed by atoms with van der Waals surface area (Å²) in [7, 11) is 0. The van der Waals surface area contributed by atoms with Gasteiger partial charge in [0.05, 0.1) is 26.2 Å². The normalized spacial score (nSPS) is 16.9. The zero-order valence-corrected chi connectivity index (χ0v) is 11.9. The molecule has 1 N–H and O–H groups in total. The Kier molecular flexibility index (Phi) is 4.91. The van der Waals surface area contributed by atoms with Crippen LogP contribution in [0.3, 0.4) is 0 Å². The standard InChI is InChI=1S/C15H23N3O/c1-13(2)10-15(19)18-8-6-17(7-9-18)12-14-4-3-5-16-11-14/h3-5,11,13H,6-10,12H2,1-2H3/p+1. The highest BCUT2D eigenvalue weighted by Crippen LogP contribution is 2.04. The number of rotatable bonds is 4. The second-order valence-corrected chi connectivity index (χ2v) is 5.77. The number of nitrogens with zero attached hydrogens (tertiary/aromatic N) is 2. The van der Waals surface area contributed by atoms with Crippen molar-refractivity contribution >= 4 is 5.91 Å². The van der Waals surface area contributed by atoms with Crippen molar-refractivity contribution in [1.82, 2.24) is 9.88 Å². The van der Waals surface area contributed by atoms with Crippen LogP contribution in [0.4, 0.5) is 0 Å². The first-order valence-corrected chi connectivity index (χ1v) is 7.15. The van der Waals surface area contributed by atoms with Crippen molar-refractivity contribution in [2.45, 2.75) is 26.8 Å². The van der Waals surface area contributed by atoms with Gasteiger partial charge in [0.1, 0.15) is 6.54 Å². The van der Waals surface area contributed by atoms with E-state index < -0.39 is 0 Å². The van der Waals surface area contributed by atoms with Gasteiger partial charge in [-0.1, -0.05) is 19.9 Å². The Hall–Kier alpha value is -1.42. The van der Waals surface area contributed by atoms with Crippen LogP contribution in [0, 0.1) is 5.92 Å². The van der Waals surface area contributed by atoms with Gasteiger partial charge < -0.3 is 9.80 Å². The zero-order chi connectivity index (χ0) is 13.7. The van der Waals surface area contributed by atoms with Gasteiger partial charge >= 0.3 is 0 Å². The van der Waals surface area contributed by atoms with Crippen molar-refractivity contribution in [2.75, 3.05) is 26.2 Å². The average Bonchev–Trinajstić information content (AvgIpc) is 2.40. The quantitative estimate of drug-likeness (QED) is 0.850. The summed E-state index contributed by atoms with van der Waals surface area (Å²) in [5.41, 5.74) is 1.28. The van der Waals surface area contributed by atoms with Crippen LogP contribution in [0.25, 0.3) is 0 Å². The van der Waals surface area contributed by atoms with E-state index >= 15 is 0 Å². The number of carbonyl (C=O) groups excluding carboxylic acids is 1. The molecule has 1 aliphatic rings. The number of piperazine rings is 1. The second-order valence-electron chi connectivity index (χ2n) is 5.77. The molecule has 1 aromatic heterocycles. The minimum absolute atomic E-state index is 0.315. The number of quaternary nitrogens is 1. The third-order valence-electron chi connectivity index (χ3n) is 3.58. The number of hydrogen-bond acceptors (Lipinski definition) is 2. The van der Waals surface area contributed by atoms with E-state index in [2.05, 4.69) is 24.9 Å². The lowest BCUT2D eigenvalue weighted by Gasteiger charge is -2.32. The number of nitrogens with one attached hydrogen (secondary N) is 1. The average molecular weight is 262 g/mol. The molecular weight excluding hydrogens is 238 g/mol.